The molecule has 0 aromatic heterocycles. The van der Waals surface area contributed by atoms with Gasteiger partial charge in [-0.1, -0.05) is 75.4 Å². The summed E-state index contributed by atoms with van der Waals surface area (Å²) < 4.78 is 17.9. The molecule has 0 radical (unpaired) electrons. The molecule has 0 spiro atoms. The molecule has 0 fully saturated rings. The van der Waals surface area contributed by atoms with Crippen LogP contribution >= 0.6 is 0 Å². The van der Waals surface area contributed by atoms with Gasteiger partial charge >= 0.3 is 5.97 Å². The van der Waals surface area contributed by atoms with Gasteiger partial charge in [0.05, 0.1) is 19.3 Å². The monoisotopic (exact) mass is 500 g/mol. The van der Waals surface area contributed by atoms with E-state index >= 15 is 0 Å². The zero-order chi connectivity index (χ0) is 25.9. The Hall–Kier alpha value is -3.15. The van der Waals surface area contributed by atoms with Gasteiger partial charge in [0.2, 0.25) is 0 Å². The molecule has 0 aliphatic rings. The lowest BCUT2D eigenvalue weighted by Crippen LogP contribution is -2.43. The lowest BCUT2D eigenvalue weighted by atomic mass is 10.0. The van der Waals surface area contributed by atoms with Crippen LogP contribution in [0, 0.1) is 0 Å². The number of carbonyl (C=O) groups is 1. The number of hydrogen-bond donors (Lipinski definition) is 0. The molecule has 0 saturated carbocycles. The summed E-state index contributed by atoms with van der Waals surface area (Å²) in [7, 11) is -0.338. The van der Waals surface area contributed by atoms with E-state index < -0.39 is 14.4 Å². The fourth-order valence-corrected chi connectivity index (χ4v) is 5.01. The highest BCUT2D eigenvalue weighted by atomic mass is 28.4. The van der Waals surface area contributed by atoms with Crippen molar-refractivity contribution in [3.8, 4) is 5.75 Å². The lowest BCUT2D eigenvalue weighted by Gasteiger charge is -2.37. The van der Waals surface area contributed by atoms with Gasteiger partial charge in [-0.15, -0.1) is 0 Å². The Morgan fingerprint density at radius 2 is 1.47 bits per heavy atom. The molecule has 36 heavy (non-hydrogen) atoms. The van der Waals surface area contributed by atoms with Gasteiger partial charge in [-0.05, 0) is 69.5 Å². The van der Waals surface area contributed by atoms with Gasteiger partial charge in [0.25, 0.3) is 0 Å². The average Bonchev–Trinajstić information content (AvgIpc) is 2.86. The molecule has 0 aliphatic heterocycles. The highest BCUT2D eigenvalue weighted by molar-refractivity contribution is 6.74. The zero-order valence-electron chi connectivity index (χ0n) is 22.1. The van der Waals surface area contributed by atoms with Gasteiger partial charge in [-0.25, -0.2) is 4.79 Å². The van der Waals surface area contributed by atoms with Crippen molar-refractivity contribution >= 4 is 35.8 Å². The van der Waals surface area contributed by atoms with E-state index in [1.54, 1.807) is 7.11 Å². The number of hydrogen-bond acceptors (Lipinski definition) is 4. The van der Waals surface area contributed by atoms with Gasteiger partial charge in [-0.3, -0.25) is 0 Å². The quantitative estimate of drug-likeness (QED) is 0.183. The molecule has 4 nitrogen and oxygen atoms in total. The van der Waals surface area contributed by atoms with E-state index in [4.69, 9.17) is 13.9 Å². The molecular weight excluding hydrogens is 464 g/mol. The number of benzene rings is 4. The molecule has 4 rings (SSSR count). The lowest BCUT2D eigenvalue weighted by molar-refractivity contribution is 0.0160. The Morgan fingerprint density at radius 1 is 0.833 bits per heavy atom. The van der Waals surface area contributed by atoms with Crippen LogP contribution in [0.2, 0.25) is 18.1 Å². The number of fused-ring (bicyclic) bond motifs is 2. The molecule has 4 aromatic rings. The second kappa shape index (κ2) is 10.5. The normalized spacial score (nSPS) is 13.1. The first-order valence-electron chi connectivity index (χ1n) is 12.5. The number of ether oxygens (including phenoxy) is 2. The number of methoxy groups -OCH3 is 1. The van der Waals surface area contributed by atoms with E-state index in [2.05, 4.69) is 58.1 Å². The minimum absolute atomic E-state index is 0.0713. The Kier molecular flexibility index (Phi) is 7.53. The molecule has 0 aliphatic carbocycles. The second-order valence-electron chi connectivity index (χ2n) is 10.9. The number of carbonyl (C=O) groups excluding carboxylic acids is 1. The van der Waals surface area contributed by atoms with Crippen LogP contribution in [0.25, 0.3) is 21.5 Å². The third-order valence-corrected chi connectivity index (χ3v) is 11.8. The first-order valence-corrected chi connectivity index (χ1v) is 15.4. The van der Waals surface area contributed by atoms with Crippen molar-refractivity contribution in [2.24, 2.45) is 0 Å². The summed E-state index contributed by atoms with van der Waals surface area (Å²) in [6, 6.07) is 26.1. The summed E-state index contributed by atoms with van der Waals surface area (Å²) in [4.78, 5) is 13.2. The van der Waals surface area contributed by atoms with Gasteiger partial charge in [0, 0.05) is 6.42 Å². The second-order valence-corrected chi connectivity index (χ2v) is 15.7. The van der Waals surface area contributed by atoms with Crippen LogP contribution in [0.3, 0.4) is 0 Å². The van der Waals surface area contributed by atoms with E-state index in [1.807, 2.05) is 54.6 Å². The van der Waals surface area contributed by atoms with Crippen molar-refractivity contribution in [1.82, 2.24) is 0 Å². The first-order chi connectivity index (χ1) is 17.1. The van der Waals surface area contributed by atoms with Crippen LogP contribution < -0.4 is 4.74 Å². The maximum atomic E-state index is 13.2. The molecule has 0 N–H and O–H groups in total. The maximum Gasteiger partial charge on any atom is 0.338 e. The summed E-state index contributed by atoms with van der Waals surface area (Å²) >= 11 is 0. The molecule has 0 amide bonds. The van der Waals surface area contributed by atoms with E-state index in [-0.39, 0.29) is 11.0 Å². The standard InChI is InChI=1S/C31H36O4Si/c1-31(2,3)36(5,6)34-21-29(18-22-11-12-26-20-28(33-4)16-15-25(26)17-22)35-30(32)27-14-13-23-9-7-8-10-24(23)19-27/h7-17,19-20,29H,18,21H2,1-6H3. The minimum atomic E-state index is -2.01. The molecule has 0 bridgehead atoms. The van der Waals surface area contributed by atoms with Crippen LogP contribution in [0.4, 0.5) is 0 Å². The SMILES string of the molecule is COc1ccc2cc(CC(CO[Si](C)(C)C(C)(C)C)OC(=O)c3ccc4ccccc4c3)ccc2c1. The molecule has 188 valence electrons. The smallest absolute Gasteiger partial charge is 0.338 e. The predicted molar refractivity (Wildman–Crippen MR) is 151 cm³/mol. The highest BCUT2D eigenvalue weighted by Gasteiger charge is 2.38. The van der Waals surface area contributed by atoms with Crippen LogP contribution in [-0.4, -0.2) is 34.1 Å². The van der Waals surface area contributed by atoms with Crippen LogP contribution in [-0.2, 0) is 15.6 Å². The molecule has 1 unspecified atom stereocenters. The van der Waals surface area contributed by atoms with Crippen LogP contribution in [0.1, 0.15) is 36.7 Å². The Bertz CT molecular complexity index is 1370. The first kappa shape index (κ1) is 25.9. The minimum Gasteiger partial charge on any atom is -0.497 e. The fraction of sp³-hybridized carbons (Fsp3) is 0.323. The van der Waals surface area contributed by atoms with E-state index in [0.29, 0.717) is 18.6 Å². The molecule has 5 heteroatoms. The number of rotatable bonds is 8. The van der Waals surface area contributed by atoms with Gasteiger partial charge in [0.1, 0.15) is 11.9 Å². The van der Waals surface area contributed by atoms with E-state index in [1.165, 1.54) is 0 Å². The zero-order valence-corrected chi connectivity index (χ0v) is 23.1. The summed E-state index contributed by atoms with van der Waals surface area (Å²) in [6.45, 7) is 11.5. The Labute approximate surface area is 215 Å². The van der Waals surface area contributed by atoms with Gasteiger partial charge in [0.15, 0.2) is 8.32 Å². The Balaban J connectivity index is 1.57. The summed E-state index contributed by atoms with van der Waals surface area (Å²) in [5, 5.41) is 4.42. The fourth-order valence-electron chi connectivity index (χ4n) is 3.98. The van der Waals surface area contributed by atoms with Crippen LogP contribution in [0.5, 0.6) is 5.75 Å². The molecular formula is C31H36O4Si. The average molecular weight is 501 g/mol. The van der Waals surface area contributed by atoms with E-state index in [0.717, 1.165) is 32.9 Å². The largest absolute Gasteiger partial charge is 0.497 e. The van der Waals surface area contributed by atoms with Crippen molar-refractivity contribution in [3.05, 3.63) is 90.0 Å². The maximum absolute atomic E-state index is 13.2. The third-order valence-electron chi connectivity index (χ3n) is 7.27. The molecule has 1 atom stereocenters. The third kappa shape index (κ3) is 5.97. The predicted octanol–water partition coefficient (Wildman–Crippen LogP) is 7.79. The molecule has 0 heterocycles. The van der Waals surface area contributed by atoms with Crippen molar-refractivity contribution < 1.29 is 18.7 Å². The Morgan fingerprint density at radius 3 is 2.19 bits per heavy atom. The number of esters is 1. The van der Waals surface area contributed by atoms with Gasteiger partial charge < -0.3 is 13.9 Å². The highest BCUT2D eigenvalue weighted by Crippen LogP contribution is 2.37. The molecule has 0 saturated heterocycles. The molecule has 4 aromatic carbocycles. The van der Waals surface area contributed by atoms with Crippen molar-refractivity contribution in [1.29, 1.82) is 0 Å². The van der Waals surface area contributed by atoms with Crippen molar-refractivity contribution in [3.63, 3.8) is 0 Å². The summed E-state index contributed by atoms with van der Waals surface area (Å²) in [6.07, 6.45) is 0.185. The summed E-state index contributed by atoms with van der Waals surface area (Å²) in [5.74, 6) is 0.510. The summed E-state index contributed by atoms with van der Waals surface area (Å²) in [5.41, 5.74) is 1.65. The van der Waals surface area contributed by atoms with E-state index in [9.17, 15) is 4.79 Å². The van der Waals surface area contributed by atoms with Crippen molar-refractivity contribution in [2.45, 2.75) is 51.4 Å². The van der Waals surface area contributed by atoms with Gasteiger partial charge in [-0.2, -0.15) is 0 Å². The van der Waals surface area contributed by atoms with Crippen molar-refractivity contribution in [2.75, 3.05) is 13.7 Å². The van der Waals surface area contributed by atoms with Crippen LogP contribution in [0.15, 0.2) is 78.9 Å². The topological polar surface area (TPSA) is 44.8 Å².